The molecule has 1 aliphatic carbocycles. The molecule has 0 aromatic heterocycles. The van der Waals surface area contributed by atoms with Gasteiger partial charge >= 0.3 is 5.97 Å². The minimum Gasteiger partial charge on any atom is -0.480 e. The van der Waals surface area contributed by atoms with Gasteiger partial charge in [0.1, 0.15) is 6.04 Å². The van der Waals surface area contributed by atoms with Gasteiger partial charge in [0.15, 0.2) is 0 Å². The van der Waals surface area contributed by atoms with Crippen molar-refractivity contribution >= 4 is 11.9 Å². The summed E-state index contributed by atoms with van der Waals surface area (Å²) in [6.07, 6.45) is 4.19. The molecule has 1 aliphatic heterocycles. The highest BCUT2D eigenvalue weighted by Crippen LogP contribution is 2.35. The van der Waals surface area contributed by atoms with Crippen LogP contribution in [-0.4, -0.2) is 47.7 Å². The van der Waals surface area contributed by atoms with Crippen LogP contribution >= 0.6 is 0 Å². The van der Waals surface area contributed by atoms with Gasteiger partial charge < -0.3 is 14.7 Å². The average Bonchev–Trinajstić information content (AvgIpc) is 2.91. The summed E-state index contributed by atoms with van der Waals surface area (Å²) in [6.45, 7) is 4.88. The van der Waals surface area contributed by atoms with Crippen LogP contribution in [0.5, 0.6) is 0 Å². The topological polar surface area (TPSA) is 66.8 Å². The fraction of sp³-hybridized carbons (Fsp3) is 0.875. The van der Waals surface area contributed by atoms with Gasteiger partial charge in [-0.2, -0.15) is 0 Å². The first kappa shape index (κ1) is 16.3. The van der Waals surface area contributed by atoms with Crippen molar-refractivity contribution < 1.29 is 19.4 Å². The molecule has 0 radical (unpaired) electrons. The SMILES string of the molecule is COC1CC(C(=O)O)N(C(=O)C2CCC(C(C)C)CC2)C1. The standard InChI is InChI=1S/C16H27NO4/c1-10(2)11-4-6-12(7-5-11)15(18)17-9-13(21-3)8-14(17)16(19)20/h10-14H,4-9H2,1-3H3,(H,19,20). The first-order valence-electron chi connectivity index (χ1n) is 8.00. The number of carboxylic acid groups (broad SMARTS) is 1. The Kier molecular flexibility index (Phi) is 5.25. The quantitative estimate of drug-likeness (QED) is 0.863. The lowest BCUT2D eigenvalue weighted by atomic mass is 9.76. The second kappa shape index (κ2) is 6.77. The second-order valence-electron chi connectivity index (χ2n) is 6.79. The van der Waals surface area contributed by atoms with Crippen LogP contribution in [0.15, 0.2) is 0 Å². The first-order chi connectivity index (χ1) is 9.93. The third kappa shape index (κ3) is 3.57. The van der Waals surface area contributed by atoms with E-state index in [1.54, 1.807) is 7.11 Å². The van der Waals surface area contributed by atoms with Crippen molar-refractivity contribution in [1.29, 1.82) is 0 Å². The molecule has 1 amide bonds. The number of rotatable bonds is 4. The molecular weight excluding hydrogens is 270 g/mol. The molecule has 1 heterocycles. The van der Waals surface area contributed by atoms with E-state index >= 15 is 0 Å². The van der Waals surface area contributed by atoms with Gasteiger partial charge in [-0.15, -0.1) is 0 Å². The number of likely N-dealkylation sites (tertiary alicyclic amines) is 1. The van der Waals surface area contributed by atoms with Gasteiger partial charge in [-0.05, 0) is 37.5 Å². The van der Waals surface area contributed by atoms with E-state index in [9.17, 15) is 14.7 Å². The Labute approximate surface area is 126 Å². The molecule has 2 fully saturated rings. The van der Waals surface area contributed by atoms with Crippen LogP contribution in [0.3, 0.4) is 0 Å². The summed E-state index contributed by atoms with van der Waals surface area (Å²) in [4.78, 5) is 25.6. The van der Waals surface area contributed by atoms with Crippen LogP contribution in [0.25, 0.3) is 0 Å². The van der Waals surface area contributed by atoms with E-state index in [0.717, 1.165) is 25.7 Å². The number of methoxy groups -OCH3 is 1. The summed E-state index contributed by atoms with van der Waals surface area (Å²) in [5.41, 5.74) is 0. The third-order valence-electron chi connectivity index (χ3n) is 5.23. The van der Waals surface area contributed by atoms with Crippen molar-refractivity contribution in [2.45, 2.75) is 58.1 Å². The van der Waals surface area contributed by atoms with Crippen LogP contribution in [0.2, 0.25) is 0 Å². The zero-order chi connectivity index (χ0) is 15.6. The van der Waals surface area contributed by atoms with Crippen molar-refractivity contribution in [3.05, 3.63) is 0 Å². The summed E-state index contributed by atoms with van der Waals surface area (Å²) >= 11 is 0. The molecule has 0 bridgehead atoms. The fourth-order valence-corrected chi connectivity index (χ4v) is 3.71. The number of hydrogen-bond donors (Lipinski definition) is 1. The van der Waals surface area contributed by atoms with E-state index < -0.39 is 12.0 Å². The molecule has 1 N–H and O–H groups in total. The van der Waals surface area contributed by atoms with Gasteiger partial charge in [0.2, 0.25) is 5.91 Å². The molecule has 1 saturated carbocycles. The van der Waals surface area contributed by atoms with Gasteiger partial charge in [-0.1, -0.05) is 13.8 Å². The lowest BCUT2D eigenvalue weighted by Crippen LogP contribution is -2.44. The van der Waals surface area contributed by atoms with E-state index in [1.807, 2.05) is 0 Å². The van der Waals surface area contributed by atoms with Crippen LogP contribution < -0.4 is 0 Å². The Bertz CT molecular complexity index is 388. The van der Waals surface area contributed by atoms with Crippen LogP contribution in [-0.2, 0) is 14.3 Å². The summed E-state index contributed by atoms with van der Waals surface area (Å²) in [5.74, 6) is 0.465. The van der Waals surface area contributed by atoms with Gasteiger partial charge in [0.25, 0.3) is 0 Å². The van der Waals surface area contributed by atoms with E-state index in [0.29, 0.717) is 24.8 Å². The molecule has 21 heavy (non-hydrogen) atoms. The zero-order valence-electron chi connectivity index (χ0n) is 13.2. The molecule has 0 aromatic carbocycles. The van der Waals surface area contributed by atoms with E-state index in [1.165, 1.54) is 4.90 Å². The maximum Gasteiger partial charge on any atom is 0.326 e. The molecule has 120 valence electrons. The average molecular weight is 297 g/mol. The third-order valence-corrected chi connectivity index (χ3v) is 5.23. The smallest absolute Gasteiger partial charge is 0.326 e. The van der Waals surface area contributed by atoms with Gasteiger partial charge in [0.05, 0.1) is 6.10 Å². The lowest BCUT2D eigenvalue weighted by Gasteiger charge is -2.33. The van der Waals surface area contributed by atoms with E-state index in [2.05, 4.69) is 13.8 Å². The molecule has 2 atom stereocenters. The first-order valence-corrected chi connectivity index (χ1v) is 8.00. The van der Waals surface area contributed by atoms with E-state index in [-0.39, 0.29) is 17.9 Å². The number of ether oxygens (including phenoxy) is 1. The number of hydrogen-bond acceptors (Lipinski definition) is 3. The summed E-state index contributed by atoms with van der Waals surface area (Å²) < 4.78 is 5.25. The van der Waals surface area contributed by atoms with Crippen molar-refractivity contribution in [3.8, 4) is 0 Å². The molecule has 2 unspecified atom stereocenters. The minimum atomic E-state index is -0.918. The maximum atomic E-state index is 12.7. The highest BCUT2D eigenvalue weighted by atomic mass is 16.5. The highest BCUT2D eigenvalue weighted by Gasteiger charge is 2.42. The van der Waals surface area contributed by atoms with Crippen LogP contribution in [0.1, 0.15) is 46.0 Å². The molecule has 2 aliphatic rings. The van der Waals surface area contributed by atoms with Crippen molar-refractivity contribution in [2.75, 3.05) is 13.7 Å². The molecule has 2 rings (SSSR count). The highest BCUT2D eigenvalue weighted by molar-refractivity contribution is 5.86. The Morgan fingerprint density at radius 1 is 1.19 bits per heavy atom. The molecule has 1 saturated heterocycles. The predicted molar refractivity (Wildman–Crippen MR) is 78.8 cm³/mol. The molecular formula is C16H27NO4. The molecule has 5 nitrogen and oxygen atoms in total. The summed E-state index contributed by atoms with van der Waals surface area (Å²) in [5, 5.41) is 9.31. The van der Waals surface area contributed by atoms with Crippen molar-refractivity contribution in [3.63, 3.8) is 0 Å². The van der Waals surface area contributed by atoms with Crippen LogP contribution in [0, 0.1) is 17.8 Å². The number of carboxylic acids is 1. The number of nitrogens with zero attached hydrogens (tertiary/aromatic N) is 1. The largest absolute Gasteiger partial charge is 0.480 e. The second-order valence-corrected chi connectivity index (χ2v) is 6.79. The maximum absolute atomic E-state index is 12.7. The Hall–Kier alpha value is -1.10. The minimum absolute atomic E-state index is 0.00236. The zero-order valence-corrected chi connectivity index (χ0v) is 13.2. The lowest BCUT2D eigenvalue weighted by molar-refractivity contribution is -0.150. The molecule has 0 aromatic rings. The Balaban J connectivity index is 1.97. The normalized spacial score (nSPS) is 33.4. The predicted octanol–water partition coefficient (Wildman–Crippen LogP) is 2.15. The van der Waals surface area contributed by atoms with Gasteiger partial charge in [-0.25, -0.2) is 4.79 Å². The summed E-state index contributed by atoms with van der Waals surface area (Å²) in [6, 6.07) is -0.717. The van der Waals surface area contributed by atoms with Crippen molar-refractivity contribution in [2.24, 2.45) is 17.8 Å². The number of amides is 1. The Morgan fingerprint density at radius 2 is 1.81 bits per heavy atom. The molecule has 5 heteroatoms. The van der Waals surface area contributed by atoms with Crippen LogP contribution in [0.4, 0.5) is 0 Å². The van der Waals surface area contributed by atoms with Gasteiger partial charge in [-0.3, -0.25) is 4.79 Å². The summed E-state index contributed by atoms with van der Waals surface area (Å²) in [7, 11) is 1.57. The van der Waals surface area contributed by atoms with Crippen molar-refractivity contribution in [1.82, 2.24) is 4.90 Å². The molecule has 0 spiro atoms. The Morgan fingerprint density at radius 3 is 2.29 bits per heavy atom. The van der Waals surface area contributed by atoms with E-state index in [4.69, 9.17) is 4.74 Å². The fourth-order valence-electron chi connectivity index (χ4n) is 3.71. The number of aliphatic carboxylic acids is 1. The van der Waals surface area contributed by atoms with Gasteiger partial charge in [0, 0.05) is 26.0 Å². The monoisotopic (exact) mass is 297 g/mol. The number of carbonyl (C=O) groups excluding carboxylic acids is 1. The number of carbonyl (C=O) groups is 2.